The first-order valence-corrected chi connectivity index (χ1v) is 10.6. The fourth-order valence-corrected chi connectivity index (χ4v) is 4.38. The molecular formula is C23H25N3O5. The zero-order chi connectivity index (χ0) is 21.8. The van der Waals surface area contributed by atoms with Crippen LogP contribution >= 0.6 is 0 Å². The predicted octanol–water partition coefficient (Wildman–Crippen LogP) is 3.55. The number of esters is 1. The van der Waals surface area contributed by atoms with E-state index in [2.05, 4.69) is 11.4 Å². The van der Waals surface area contributed by atoms with Gasteiger partial charge in [0.1, 0.15) is 0 Å². The summed E-state index contributed by atoms with van der Waals surface area (Å²) in [5.74, 6) is -1.12. The predicted molar refractivity (Wildman–Crippen MR) is 115 cm³/mol. The van der Waals surface area contributed by atoms with Crippen molar-refractivity contribution < 1.29 is 19.2 Å². The summed E-state index contributed by atoms with van der Waals surface area (Å²) in [5.41, 5.74) is 2.87. The third kappa shape index (κ3) is 4.68. The van der Waals surface area contributed by atoms with Crippen LogP contribution in [0.5, 0.6) is 0 Å². The van der Waals surface area contributed by atoms with Crippen molar-refractivity contribution in [1.82, 2.24) is 5.32 Å². The normalized spacial score (nSPS) is 17.7. The SMILES string of the molecule is O=C(COC(=O)c1cc([N+](=O)[O-])ccc1N1CCCC1)N[C@H]1CCCc2ccccc21. The highest BCUT2D eigenvalue weighted by Gasteiger charge is 2.25. The molecular weight excluding hydrogens is 398 g/mol. The standard InChI is InChI=1S/C23H25N3O5/c27-22(24-20-9-5-7-16-6-1-2-8-18(16)20)15-31-23(28)19-14-17(26(29)30)10-11-21(19)25-12-3-4-13-25/h1-2,6,8,10-11,14,20H,3-5,7,9,12-13,15H2,(H,24,27)/t20-/m0/s1. The van der Waals surface area contributed by atoms with E-state index in [9.17, 15) is 19.7 Å². The molecule has 0 radical (unpaired) electrons. The lowest BCUT2D eigenvalue weighted by molar-refractivity contribution is -0.384. The number of carbonyl (C=O) groups excluding carboxylic acids is 2. The van der Waals surface area contributed by atoms with Crippen molar-refractivity contribution in [3.05, 3.63) is 69.3 Å². The molecule has 0 saturated carbocycles. The summed E-state index contributed by atoms with van der Waals surface area (Å²) in [6.07, 6.45) is 4.80. The van der Waals surface area contributed by atoms with Crippen molar-refractivity contribution in [3.8, 4) is 0 Å². The van der Waals surface area contributed by atoms with Gasteiger partial charge in [-0.2, -0.15) is 0 Å². The third-order valence-electron chi connectivity index (χ3n) is 5.90. The quantitative estimate of drug-likeness (QED) is 0.433. The Bertz CT molecular complexity index is 1000. The second kappa shape index (κ2) is 9.16. The van der Waals surface area contributed by atoms with Gasteiger partial charge in [0, 0.05) is 25.2 Å². The maximum atomic E-state index is 12.7. The molecule has 0 bridgehead atoms. The number of nitro groups is 1. The zero-order valence-corrected chi connectivity index (χ0v) is 17.2. The summed E-state index contributed by atoms with van der Waals surface area (Å²) in [4.78, 5) is 37.8. The smallest absolute Gasteiger partial charge is 0.341 e. The highest BCUT2D eigenvalue weighted by atomic mass is 16.6. The van der Waals surface area contributed by atoms with E-state index in [1.54, 1.807) is 6.07 Å². The summed E-state index contributed by atoms with van der Waals surface area (Å²) in [5, 5.41) is 14.1. The van der Waals surface area contributed by atoms with Crippen LogP contribution in [0.1, 0.15) is 53.2 Å². The number of carbonyl (C=O) groups is 2. The monoisotopic (exact) mass is 423 g/mol. The fraction of sp³-hybridized carbons (Fsp3) is 0.391. The van der Waals surface area contributed by atoms with Crippen molar-refractivity contribution in [2.45, 2.75) is 38.1 Å². The Balaban J connectivity index is 1.43. The molecule has 1 aliphatic carbocycles. The maximum absolute atomic E-state index is 12.7. The van der Waals surface area contributed by atoms with Gasteiger partial charge in [0.15, 0.2) is 6.61 Å². The molecule has 4 rings (SSSR count). The van der Waals surface area contributed by atoms with E-state index in [4.69, 9.17) is 4.74 Å². The maximum Gasteiger partial charge on any atom is 0.341 e. The van der Waals surface area contributed by atoms with Crippen molar-refractivity contribution in [1.29, 1.82) is 0 Å². The van der Waals surface area contributed by atoms with Crippen LogP contribution in [0.25, 0.3) is 0 Å². The van der Waals surface area contributed by atoms with Crippen LogP contribution in [-0.2, 0) is 16.0 Å². The van der Waals surface area contributed by atoms with Gasteiger partial charge in [-0.05, 0) is 49.3 Å². The Morgan fingerprint density at radius 1 is 1.13 bits per heavy atom. The van der Waals surface area contributed by atoms with E-state index in [1.807, 2.05) is 23.1 Å². The fourth-order valence-electron chi connectivity index (χ4n) is 4.38. The van der Waals surface area contributed by atoms with Gasteiger partial charge >= 0.3 is 5.97 Å². The van der Waals surface area contributed by atoms with Crippen molar-refractivity contribution in [2.24, 2.45) is 0 Å². The van der Waals surface area contributed by atoms with E-state index >= 15 is 0 Å². The Labute approximate surface area is 180 Å². The van der Waals surface area contributed by atoms with Gasteiger partial charge in [-0.3, -0.25) is 14.9 Å². The summed E-state index contributed by atoms with van der Waals surface area (Å²) in [6.45, 7) is 1.12. The van der Waals surface area contributed by atoms with Gasteiger partial charge in [-0.15, -0.1) is 0 Å². The van der Waals surface area contributed by atoms with E-state index in [-0.39, 0.29) is 23.2 Å². The Hall–Kier alpha value is -3.42. The summed E-state index contributed by atoms with van der Waals surface area (Å²) < 4.78 is 5.25. The molecule has 2 aromatic carbocycles. The largest absolute Gasteiger partial charge is 0.452 e. The molecule has 0 spiro atoms. The van der Waals surface area contributed by atoms with E-state index < -0.39 is 17.5 Å². The molecule has 2 aromatic rings. The molecule has 1 N–H and O–H groups in total. The number of ether oxygens (including phenoxy) is 1. The van der Waals surface area contributed by atoms with Gasteiger partial charge < -0.3 is 15.0 Å². The topological polar surface area (TPSA) is 102 Å². The van der Waals surface area contributed by atoms with Gasteiger partial charge in [0.05, 0.1) is 22.2 Å². The number of non-ortho nitro benzene ring substituents is 1. The minimum Gasteiger partial charge on any atom is -0.452 e. The van der Waals surface area contributed by atoms with Gasteiger partial charge in [-0.1, -0.05) is 24.3 Å². The minimum absolute atomic E-state index is 0.103. The van der Waals surface area contributed by atoms with E-state index in [0.29, 0.717) is 5.69 Å². The number of fused-ring (bicyclic) bond motifs is 1. The molecule has 0 aromatic heterocycles. The van der Waals surface area contributed by atoms with Crippen LogP contribution in [0, 0.1) is 10.1 Å². The number of nitrogens with zero attached hydrogens (tertiary/aromatic N) is 2. The minimum atomic E-state index is -0.732. The third-order valence-corrected chi connectivity index (χ3v) is 5.90. The highest BCUT2D eigenvalue weighted by Crippen LogP contribution is 2.30. The van der Waals surface area contributed by atoms with E-state index in [0.717, 1.165) is 50.8 Å². The number of benzene rings is 2. The van der Waals surface area contributed by atoms with Crippen molar-refractivity contribution in [3.63, 3.8) is 0 Å². The van der Waals surface area contributed by atoms with Crippen LogP contribution in [0.2, 0.25) is 0 Å². The summed E-state index contributed by atoms with van der Waals surface area (Å²) in [6, 6.07) is 12.1. The molecule has 1 fully saturated rings. The average molecular weight is 423 g/mol. The summed E-state index contributed by atoms with van der Waals surface area (Å²) in [7, 11) is 0. The van der Waals surface area contributed by atoms with Crippen LogP contribution in [-0.4, -0.2) is 36.5 Å². The number of anilines is 1. The molecule has 8 nitrogen and oxygen atoms in total. The van der Waals surface area contributed by atoms with Crippen LogP contribution in [0.4, 0.5) is 11.4 Å². The molecule has 8 heteroatoms. The van der Waals surface area contributed by atoms with Crippen molar-refractivity contribution >= 4 is 23.3 Å². The molecule has 1 heterocycles. The first kappa shape index (κ1) is 20.8. The Morgan fingerprint density at radius 3 is 2.68 bits per heavy atom. The molecule has 1 saturated heterocycles. The lowest BCUT2D eigenvalue weighted by Gasteiger charge is -2.26. The number of amides is 1. The van der Waals surface area contributed by atoms with Crippen molar-refractivity contribution in [2.75, 3.05) is 24.6 Å². The Morgan fingerprint density at radius 2 is 1.90 bits per heavy atom. The molecule has 0 unspecified atom stereocenters. The number of nitro benzene ring substituents is 1. The van der Waals surface area contributed by atoms with Gasteiger partial charge in [0.25, 0.3) is 11.6 Å². The molecule has 31 heavy (non-hydrogen) atoms. The lowest BCUT2D eigenvalue weighted by Crippen LogP contribution is -2.34. The number of nitrogens with one attached hydrogen (secondary N) is 1. The molecule has 1 atom stereocenters. The van der Waals surface area contributed by atoms with Crippen LogP contribution in [0.3, 0.4) is 0 Å². The van der Waals surface area contributed by atoms with E-state index in [1.165, 1.54) is 17.7 Å². The average Bonchev–Trinajstić information content (AvgIpc) is 3.32. The lowest BCUT2D eigenvalue weighted by atomic mass is 9.88. The number of hydrogen-bond acceptors (Lipinski definition) is 6. The first-order chi connectivity index (χ1) is 15.0. The zero-order valence-electron chi connectivity index (χ0n) is 17.2. The Kier molecular flexibility index (Phi) is 6.16. The number of hydrogen-bond donors (Lipinski definition) is 1. The highest BCUT2D eigenvalue weighted by molar-refractivity contribution is 5.97. The first-order valence-electron chi connectivity index (χ1n) is 10.6. The second-order valence-electron chi connectivity index (χ2n) is 7.94. The van der Waals surface area contributed by atoms with Crippen LogP contribution in [0.15, 0.2) is 42.5 Å². The molecule has 1 aliphatic heterocycles. The van der Waals surface area contributed by atoms with Gasteiger partial charge in [0.2, 0.25) is 0 Å². The molecule has 2 aliphatic rings. The summed E-state index contributed by atoms with van der Waals surface area (Å²) >= 11 is 0. The van der Waals surface area contributed by atoms with Gasteiger partial charge in [-0.25, -0.2) is 4.79 Å². The number of aryl methyl sites for hydroxylation is 1. The van der Waals surface area contributed by atoms with Crippen LogP contribution < -0.4 is 10.2 Å². The molecule has 1 amide bonds. The number of rotatable bonds is 6. The second-order valence-corrected chi connectivity index (χ2v) is 7.94. The molecule has 162 valence electrons.